The van der Waals surface area contributed by atoms with Crippen LogP contribution < -0.4 is 11.1 Å². The smallest absolute Gasteiger partial charge is 0.00490 e. The molecule has 2 nitrogen and oxygen atoms in total. The Morgan fingerprint density at radius 3 is 0.962 bits per heavy atom. The Morgan fingerprint density at radius 2 is 0.692 bits per heavy atom. The Bertz CT molecular complexity index is 206. The molecule has 0 unspecified atom stereocenters. The monoisotopic (exact) mass is 368 g/mol. The van der Waals surface area contributed by atoms with E-state index in [9.17, 15) is 0 Å². The first kappa shape index (κ1) is 25.9. The van der Waals surface area contributed by atoms with E-state index in [0.717, 1.165) is 13.1 Å². The first-order chi connectivity index (χ1) is 12.9. The van der Waals surface area contributed by atoms with Crippen LogP contribution in [-0.4, -0.2) is 19.6 Å². The molecule has 0 bridgehead atoms. The maximum atomic E-state index is 5.52. The molecule has 0 saturated carbocycles. The number of nitrogens with one attached hydrogen (secondary N) is 1. The lowest BCUT2D eigenvalue weighted by Gasteiger charge is -2.04. The van der Waals surface area contributed by atoms with E-state index in [0.29, 0.717) is 0 Å². The van der Waals surface area contributed by atoms with E-state index in [-0.39, 0.29) is 0 Å². The molecule has 0 amide bonds. The van der Waals surface area contributed by atoms with Crippen molar-refractivity contribution in [2.45, 2.75) is 135 Å². The van der Waals surface area contributed by atoms with Crippen LogP contribution in [0.15, 0.2) is 0 Å². The van der Waals surface area contributed by atoms with Crippen molar-refractivity contribution in [2.24, 2.45) is 5.73 Å². The van der Waals surface area contributed by atoms with Crippen molar-refractivity contribution >= 4 is 0 Å². The second-order valence-electron chi connectivity index (χ2n) is 8.21. The van der Waals surface area contributed by atoms with Crippen molar-refractivity contribution < 1.29 is 0 Å². The fourth-order valence-corrected chi connectivity index (χ4v) is 3.75. The third-order valence-electron chi connectivity index (χ3n) is 5.56. The SMILES string of the molecule is CCNCCCCCCCCCCCCCCCCCCCCCCN. The van der Waals surface area contributed by atoms with Gasteiger partial charge in [0.2, 0.25) is 0 Å². The minimum absolute atomic E-state index is 0.872. The molecule has 0 fully saturated rings. The lowest BCUT2D eigenvalue weighted by atomic mass is 10.0. The van der Waals surface area contributed by atoms with Crippen molar-refractivity contribution in [3.05, 3.63) is 0 Å². The summed E-state index contributed by atoms with van der Waals surface area (Å²) in [6, 6.07) is 0. The molecule has 26 heavy (non-hydrogen) atoms. The van der Waals surface area contributed by atoms with Gasteiger partial charge in [-0.1, -0.05) is 122 Å². The highest BCUT2D eigenvalue weighted by atomic mass is 14.8. The van der Waals surface area contributed by atoms with Crippen molar-refractivity contribution in [3.8, 4) is 0 Å². The molecule has 0 aromatic rings. The standard InChI is InChI=1S/C24H52N2/c1-2-26-24-22-20-18-16-14-12-10-8-6-4-3-5-7-9-11-13-15-17-19-21-23-25/h26H,2-25H2,1H3. The van der Waals surface area contributed by atoms with Crippen LogP contribution in [0.1, 0.15) is 135 Å². The molecule has 0 aliphatic heterocycles. The molecule has 0 saturated heterocycles. The third-order valence-corrected chi connectivity index (χ3v) is 5.56. The van der Waals surface area contributed by atoms with Crippen LogP contribution in [0.3, 0.4) is 0 Å². The molecule has 0 atom stereocenters. The van der Waals surface area contributed by atoms with Crippen LogP contribution in [0.2, 0.25) is 0 Å². The van der Waals surface area contributed by atoms with Crippen LogP contribution in [-0.2, 0) is 0 Å². The number of hydrogen-bond donors (Lipinski definition) is 2. The first-order valence-corrected chi connectivity index (χ1v) is 12.3. The van der Waals surface area contributed by atoms with Crippen molar-refractivity contribution in [3.63, 3.8) is 0 Å². The van der Waals surface area contributed by atoms with Gasteiger partial charge in [-0.3, -0.25) is 0 Å². The summed E-state index contributed by atoms with van der Waals surface area (Å²) in [4.78, 5) is 0. The van der Waals surface area contributed by atoms with Crippen molar-refractivity contribution in [1.82, 2.24) is 5.32 Å². The molecule has 158 valence electrons. The highest BCUT2D eigenvalue weighted by molar-refractivity contribution is 4.51. The second-order valence-corrected chi connectivity index (χ2v) is 8.21. The van der Waals surface area contributed by atoms with Gasteiger partial charge in [0.05, 0.1) is 0 Å². The molecule has 0 heterocycles. The summed E-state index contributed by atoms with van der Waals surface area (Å²) < 4.78 is 0. The predicted molar refractivity (Wildman–Crippen MR) is 120 cm³/mol. The summed E-state index contributed by atoms with van der Waals surface area (Å²) >= 11 is 0. The van der Waals surface area contributed by atoms with Gasteiger partial charge in [-0.25, -0.2) is 0 Å². The Morgan fingerprint density at radius 1 is 0.423 bits per heavy atom. The normalized spacial score (nSPS) is 11.3. The maximum absolute atomic E-state index is 5.52. The predicted octanol–water partition coefficient (Wildman–Crippen LogP) is 7.36. The number of unbranched alkanes of at least 4 members (excludes halogenated alkanes) is 19. The van der Waals surface area contributed by atoms with Crippen LogP contribution >= 0.6 is 0 Å². The number of rotatable bonds is 23. The van der Waals surface area contributed by atoms with Gasteiger partial charge < -0.3 is 11.1 Å². The molecule has 0 aliphatic rings. The molecule has 2 heteroatoms. The molecule has 0 aromatic carbocycles. The zero-order chi connectivity index (χ0) is 19.0. The van der Waals surface area contributed by atoms with Gasteiger partial charge in [-0.2, -0.15) is 0 Å². The molecular formula is C24H52N2. The summed E-state index contributed by atoms with van der Waals surface area (Å²) in [7, 11) is 0. The fraction of sp³-hybridized carbons (Fsp3) is 1.00. The molecule has 0 radical (unpaired) electrons. The highest BCUT2D eigenvalue weighted by Gasteiger charge is 1.95. The van der Waals surface area contributed by atoms with Crippen LogP contribution in [0, 0.1) is 0 Å². The van der Waals surface area contributed by atoms with E-state index in [4.69, 9.17) is 5.73 Å². The minimum atomic E-state index is 0.872. The van der Waals surface area contributed by atoms with Crippen LogP contribution in [0.4, 0.5) is 0 Å². The Hall–Kier alpha value is -0.0800. The van der Waals surface area contributed by atoms with Gasteiger partial charge in [0, 0.05) is 0 Å². The van der Waals surface area contributed by atoms with Crippen molar-refractivity contribution in [1.29, 1.82) is 0 Å². The van der Waals surface area contributed by atoms with Gasteiger partial charge in [-0.05, 0) is 32.5 Å². The van der Waals surface area contributed by atoms with Gasteiger partial charge in [0.25, 0.3) is 0 Å². The average Bonchev–Trinajstić information content (AvgIpc) is 2.66. The minimum Gasteiger partial charge on any atom is -0.330 e. The number of nitrogens with two attached hydrogens (primary N) is 1. The summed E-state index contributed by atoms with van der Waals surface area (Å²) in [6.07, 6.45) is 28.7. The zero-order valence-corrected chi connectivity index (χ0v) is 18.3. The molecular weight excluding hydrogens is 316 g/mol. The Kier molecular flexibility index (Phi) is 24.8. The fourth-order valence-electron chi connectivity index (χ4n) is 3.75. The van der Waals surface area contributed by atoms with E-state index in [1.165, 1.54) is 135 Å². The lowest BCUT2D eigenvalue weighted by molar-refractivity contribution is 0.519. The summed E-state index contributed by atoms with van der Waals surface area (Å²) in [5, 5.41) is 3.41. The topological polar surface area (TPSA) is 38.0 Å². The van der Waals surface area contributed by atoms with Crippen LogP contribution in [0.5, 0.6) is 0 Å². The largest absolute Gasteiger partial charge is 0.330 e. The molecule has 0 rings (SSSR count). The van der Waals surface area contributed by atoms with E-state index in [1.54, 1.807) is 0 Å². The third kappa shape index (κ3) is 23.9. The van der Waals surface area contributed by atoms with Gasteiger partial charge >= 0.3 is 0 Å². The summed E-state index contributed by atoms with van der Waals surface area (Å²) in [5.41, 5.74) is 5.52. The quantitative estimate of drug-likeness (QED) is 0.185. The van der Waals surface area contributed by atoms with E-state index in [1.807, 2.05) is 0 Å². The second kappa shape index (κ2) is 24.9. The molecule has 0 aromatic heterocycles. The van der Waals surface area contributed by atoms with Crippen LogP contribution in [0.25, 0.3) is 0 Å². The van der Waals surface area contributed by atoms with E-state index >= 15 is 0 Å². The van der Waals surface area contributed by atoms with E-state index < -0.39 is 0 Å². The Labute approximate surface area is 166 Å². The van der Waals surface area contributed by atoms with Gasteiger partial charge in [-0.15, -0.1) is 0 Å². The zero-order valence-electron chi connectivity index (χ0n) is 18.3. The van der Waals surface area contributed by atoms with Gasteiger partial charge in [0.15, 0.2) is 0 Å². The molecule has 0 spiro atoms. The Balaban J connectivity index is 2.95. The van der Waals surface area contributed by atoms with Gasteiger partial charge in [0.1, 0.15) is 0 Å². The summed E-state index contributed by atoms with van der Waals surface area (Å²) in [6.45, 7) is 5.40. The molecule has 0 aliphatic carbocycles. The van der Waals surface area contributed by atoms with Crippen molar-refractivity contribution in [2.75, 3.05) is 19.6 Å². The molecule has 3 N–H and O–H groups in total. The number of hydrogen-bond acceptors (Lipinski definition) is 2. The van der Waals surface area contributed by atoms with E-state index in [2.05, 4.69) is 12.2 Å². The summed E-state index contributed by atoms with van der Waals surface area (Å²) in [5.74, 6) is 0. The lowest BCUT2D eigenvalue weighted by Crippen LogP contribution is -2.13. The highest BCUT2D eigenvalue weighted by Crippen LogP contribution is 2.14. The first-order valence-electron chi connectivity index (χ1n) is 12.3. The maximum Gasteiger partial charge on any atom is -0.00490 e. The average molecular weight is 369 g/mol.